The second kappa shape index (κ2) is 8.30. The van der Waals surface area contributed by atoms with Crippen LogP contribution in [0.3, 0.4) is 0 Å². The van der Waals surface area contributed by atoms with Crippen LogP contribution in [0.2, 0.25) is 0 Å². The van der Waals surface area contributed by atoms with Gasteiger partial charge in [-0.15, -0.1) is 16.8 Å². The molecule has 144 valence electrons. The zero-order valence-corrected chi connectivity index (χ0v) is 17.2. The first-order valence-corrected chi connectivity index (χ1v) is 10.4. The van der Waals surface area contributed by atoms with E-state index in [1.54, 1.807) is 0 Å². The molecule has 0 N–H and O–H groups in total. The van der Waals surface area contributed by atoms with E-state index in [-0.39, 0.29) is 11.4 Å². The number of rotatable bonds is 8. The molecule has 0 radical (unpaired) electrons. The van der Waals surface area contributed by atoms with Crippen molar-refractivity contribution in [3.8, 4) is 0 Å². The number of thioether (sulfide) groups is 1. The van der Waals surface area contributed by atoms with Gasteiger partial charge >= 0.3 is 0 Å². The molecule has 0 bridgehead atoms. The number of nitrogens with zero attached hydrogens (tertiary/aromatic N) is 4. The Hall–Kier alpha value is -2.08. The van der Waals surface area contributed by atoms with Gasteiger partial charge in [0.1, 0.15) is 5.82 Å². The zero-order chi connectivity index (χ0) is 19.4. The maximum atomic E-state index is 13.0. The van der Waals surface area contributed by atoms with Crippen LogP contribution in [0.5, 0.6) is 0 Å². The molecule has 0 spiro atoms. The fourth-order valence-electron chi connectivity index (χ4n) is 3.02. The maximum Gasteiger partial charge on any atom is 0.233 e. The summed E-state index contributed by atoms with van der Waals surface area (Å²) in [5.74, 6) is 2.01. The minimum Gasteiger partial charge on any atom is -0.333 e. The molecule has 0 saturated heterocycles. The van der Waals surface area contributed by atoms with Gasteiger partial charge in [0.05, 0.1) is 5.75 Å². The Morgan fingerprint density at radius 3 is 2.59 bits per heavy atom. The molecule has 3 rings (SSSR count). The first-order valence-electron chi connectivity index (χ1n) is 9.41. The minimum absolute atomic E-state index is 0.109. The van der Waals surface area contributed by atoms with Crippen LogP contribution >= 0.6 is 11.8 Å². The molecule has 2 aromatic rings. The van der Waals surface area contributed by atoms with Crippen molar-refractivity contribution in [3.63, 3.8) is 0 Å². The number of carbonyl (C=O) groups is 1. The van der Waals surface area contributed by atoms with Gasteiger partial charge in [0.15, 0.2) is 5.16 Å². The summed E-state index contributed by atoms with van der Waals surface area (Å²) in [4.78, 5) is 15.0. The van der Waals surface area contributed by atoms with E-state index in [2.05, 4.69) is 54.2 Å². The number of carbonyl (C=O) groups excluding carboxylic acids is 1. The van der Waals surface area contributed by atoms with Crippen molar-refractivity contribution < 1.29 is 4.79 Å². The molecule has 0 unspecified atom stereocenters. The third-order valence-electron chi connectivity index (χ3n) is 4.62. The standard InChI is InChI=1S/C21H28N4OS/c1-5-13-24-19(17-11-12-17)22-23-20(24)27-15-18(26)25(21(2,3)4)14-16-9-7-6-8-10-16/h5-10,17H,1,11-15H2,2-4H3. The van der Waals surface area contributed by atoms with Crippen molar-refractivity contribution in [1.29, 1.82) is 0 Å². The van der Waals surface area contributed by atoms with Crippen LogP contribution < -0.4 is 0 Å². The molecule has 27 heavy (non-hydrogen) atoms. The van der Waals surface area contributed by atoms with E-state index in [0.717, 1.165) is 16.5 Å². The second-order valence-electron chi connectivity index (χ2n) is 7.94. The lowest BCUT2D eigenvalue weighted by molar-refractivity contribution is -0.133. The van der Waals surface area contributed by atoms with Gasteiger partial charge in [-0.05, 0) is 39.2 Å². The molecule has 1 saturated carbocycles. The van der Waals surface area contributed by atoms with Crippen LogP contribution in [0.15, 0.2) is 48.1 Å². The number of aromatic nitrogens is 3. The first-order chi connectivity index (χ1) is 12.9. The zero-order valence-electron chi connectivity index (χ0n) is 16.4. The fourth-order valence-corrected chi connectivity index (χ4v) is 3.85. The SMILES string of the molecule is C=CCn1c(SCC(=O)N(Cc2ccccc2)C(C)(C)C)nnc1C1CC1. The van der Waals surface area contributed by atoms with Gasteiger partial charge in [0, 0.05) is 24.5 Å². The van der Waals surface area contributed by atoms with Crippen LogP contribution in [-0.4, -0.2) is 36.9 Å². The molecular weight excluding hydrogens is 356 g/mol. The van der Waals surface area contributed by atoms with Gasteiger partial charge in [0.2, 0.25) is 5.91 Å². The summed E-state index contributed by atoms with van der Waals surface area (Å²) in [6.45, 7) is 11.3. The van der Waals surface area contributed by atoms with Gasteiger partial charge in [-0.25, -0.2) is 0 Å². The number of amides is 1. The Labute approximate surface area is 165 Å². The van der Waals surface area contributed by atoms with E-state index >= 15 is 0 Å². The quantitative estimate of drug-likeness (QED) is 0.504. The van der Waals surface area contributed by atoms with Crippen molar-refractivity contribution in [3.05, 3.63) is 54.4 Å². The van der Waals surface area contributed by atoms with E-state index in [0.29, 0.717) is 24.8 Å². The van der Waals surface area contributed by atoms with Gasteiger partial charge in [-0.2, -0.15) is 0 Å². The number of allylic oxidation sites excluding steroid dienone is 1. The van der Waals surface area contributed by atoms with Gasteiger partial charge in [-0.3, -0.25) is 4.79 Å². The predicted molar refractivity (Wildman–Crippen MR) is 110 cm³/mol. The maximum absolute atomic E-state index is 13.0. The monoisotopic (exact) mass is 384 g/mol. The lowest BCUT2D eigenvalue weighted by atomic mass is 10.0. The number of hydrogen-bond acceptors (Lipinski definition) is 4. The Balaban J connectivity index is 1.70. The highest BCUT2D eigenvalue weighted by atomic mass is 32.2. The van der Waals surface area contributed by atoms with Gasteiger partial charge in [-0.1, -0.05) is 48.2 Å². The molecule has 0 atom stereocenters. The van der Waals surface area contributed by atoms with E-state index in [1.807, 2.05) is 29.2 Å². The largest absolute Gasteiger partial charge is 0.333 e. The topological polar surface area (TPSA) is 51.0 Å². The molecule has 1 heterocycles. The van der Waals surface area contributed by atoms with Crippen LogP contribution in [0.4, 0.5) is 0 Å². The Kier molecular flexibility index (Phi) is 6.05. The summed E-state index contributed by atoms with van der Waals surface area (Å²) in [6.07, 6.45) is 4.21. The van der Waals surface area contributed by atoms with Gasteiger partial charge in [0.25, 0.3) is 0 Å². The molecule has 0 aliphatic heterocycles. The van der Waals surface area contributed by atoms with Gasteiger partial charge < -0.3 is 9.47 Å². The molecule has 1 aromatic heterocycles. The summed E-state index contributed by atoms with van der Waals surface area (Å²) >= 11 is 1.47. The van der Waals surface area contributed by atoms with E-state index in [4.69, 9.17) is 0 Å². The molecule has 6 heteroatoms. The van der Waals surface area contributed by atoms with Crippen molar-refractivity contribution in [1.82, 2.24) is 19.7 Å². The molecule has 5 nitrogen and oxygen atoms in total. The fraction of sp³-hybridized carbons (Fsp3) is 0.476. The van der Waals surface area contributed by atoms with E-state index < -0.39 is 0 Å². The number of hydrogen-bond donors (Lipinski definition) is 0. The molecule has 1 aromatic carbocycles. The lowest BCUT2D eigenvalue weighted by Crippen LogP contribution is -2.45. The first kappa shape index (κ1) is 19.7. The van der Waals surface area contributed by atoms with Crippen molar-refractivity contribution in [2.24, 2.45) is 0 Å². The van der Waals surface area contributed by atoms with Crippen molar-refractivity contribution in [2.75, 3.05) is 5.75 Å². The van der Waals surface area contributed by atoms with Crippen molar-refractivity contribution in [2.45, 2.75) is 63.3 Å². The third kappa shape index (κ3) is 5.01. The van der Waals surface area contributed by atoms with Crippen LogP contribution in [-0.2, 0) is 17.9 Å². The molecule has 1 aliphatic rings. The highest BCUT2D eigenvalue weighted by Gasteiger charge is 2.31. The highest BCUT2D eigenvalue weighted by Crippen LogP contribution is 2.40. The van der Waals surface area contributed by atoms with Crippen LogP contribution in [0.25, 0.3) is 0 Å². The van der Waals surface area contributed by atoms with E-state index in [9.17, 15) is 4.79 Å². The summed E-state index contributed by atoms with van der Waals surface area (Å²) in [7, 11) is 0. The summed E-state index contributed by atoms with van der Waals surface area (Å²) < 4.78 is 2.10. The average Bonchev–Trinajstić information content (AvgIpc) is 3.40. The lowest BCUT2D eigenvalue weighted by Gasteiger charge is -2.36. The molecular formula is C21H28N4OS. The number of benzene rings is 1. The molecule has 1 aliphatic carbocycles. The average molecular weight is 385 g/mol. The highest BCUT2D eigenvalue weighted by molar-refractivity contribution is 7.99. The van der Waals surface area contributed by atoms with E-state index in [1.165, 1.54) is 24.6 Å². The van der Waals surface area contributed by atoms with Crippen LogP contribution in [0.1, 0.15) is 50.9 Å². The normalized spacial score (nSPS) is 14.2. The summed E-state index contributed by atoms with van der Waals surface area (Å²) in [6, 6.07) is 10.1. The van der Waals surface area contributed by atoms with Crippen LogP contribution in [0, 0.1) is 0 Å². The summed E-state index contributed by atoms with van der Waals surface area (Å²) in [5, 5.41) is 9.49. The molecule has 1 amide bonds. The van der Waals surface area contributed by atoms with Crippen molar-refractivity contribution >= 4 is 17.7 Å². The Morgan fingerprint density at radius 2 is 2.00 bits per heavy atom. The predicted octanol–water partition coefficient (Wildman–Crippen LogP) is 4.26. The molecule has 1 fully saturated rings. The Morgan fingerprint density at radius 1 is 1.30 bits per heavy atom. The second-order valence-corrected chi connectivity index (χ2v) is 8.88. The minimum atomic E-state index is -0.249. The smallest absolute Gasteiger partial charge is 0.233 e. The summed E-state index contributed by atoms with van der Waals surface area (Å²) in [5.41, 5.74) is 0.887. The Bertz CT molecular complexity index is 790. The third-order valence-corrected chi connectivity index (χ3v) is 5.57.